The minimum atomic E-state index is -0.196. The quantitative estimate of drug-likeness (QED) is 0.923. The van der Waals surface area contributed by atoms with E-state index in [-0.39, 0.29) is 23.8 Å². The molecule has 1 saturated heterocycles. The van der Waals surface area contributed by atoms with Gasteiger partial charge in [0.1, 0.15) is 11.6 Å². The minimum Gasteiger partial charge on any atom is -0.497 e. The van der Waals surface area contributed by atoms with Gasteiger partial charge >= 0.3 is 0 Å². The van der Waals surface area contributed by atoms with Gasteiger partial charge in [0.15, 0.2) is 0 Å². The highest BCUT2D eigenvalue weighted by atomic mass is 35.5. The highest BCUT2D eigenvalue weighted by Crippen LogP contribution is 2.26. The molecule has 0 aromatic heterocycles. The zero-order valence-corrected chi connectivity index (χ0v) is 13.8. The van der Waals surface area contributed by atoms with Gasteiger partial charge < -0.3 is 15.4 Å². The predicted octanol–water partition coefficient (Wildman–Crippen LogP) is 2.12. The summed E-state index contributed by atoms with van der Waals surface area (Å²) in [6.45, 7) is 8.33. The molecule has 0 saturated carbocycles. The largest absolute Gasteiger partial charge is 0.497 e. The Hall–Kier alpha value is -1.04. The van der Waals surface area contributed by atoms with E-state index in [1.165, 1.54) is 6.07 Å². The number of nitrogens with two attached hydrogens (primary N) is 1. The fourth-order valence-corrected chi connectivity index (χ4v) is 2.58. The average molecular weight is 318 g/mol. The molecule has 1 aliphatic heterocycles. The molecular formula is C15H25ClFN3O. The summed E-state index contributed by atoms with van der Waals surface area (Å²) in [5, 5.41) is 0. The molecule has 1 fully saturated rings. The molecule has 120 valence electrons. The van der Waals surface area contributed by atoms with Crippen LogP contribution in [0.2, 0.25) is 0 Å². The molecule has 6 heteroatoms. The van der Waals surface area contributed by atoms with E-state index in [2.05, 4.69) is 9.80 Å². The summed E-state index contributed by atoms with van der Waals surface area (Å²) < 4.78 is 19.1. The Labute approximate surface area is 132 Å². The van der Waals surface area contributed by atoms with Crippen LogP contribution in [0.4, 0.5) is 10.1 Å². The lowest BCUT2D eigenvalue weighted by Crippen LogP contribution is -2.53. The van der Waals surface area contributed by atoms with Crippen LogP contribution in [0, 0.1) is 5.82 Å². The Balaban J connectivity index is 0.00000220. The van der Waals surface area contributed by atoms with Crippen LogP contribution in [0.5, 0.6) is 5.75 Å². The van der Waals surface area contributed by atoms with Crippen LogP contribution in [0.1, 0.15) is 13.8 Å². The molecule has 21 heavy (non-hydrogen) atoms. The van der Waals surface area contributed by atoms with Crippen molar-refractivity contribution in [3.8, 4) is 5.75 Å². The van der Waals surface area contributed by atoms with Gasteiger partial charge in [-0.3, -0.25) is 4.90 Å². The van der Waals surface area contributed by atoms with Crippen molar-refractivity contribution >= 4 is 18.1 Å². The third kappa shape index (κ3) is 5.02. The summed E-state index contributed by atoms with van der Waals surface area (Å²) in [7, 11) is 1.60. The van der Waals surface area contributed by atoms with E-state index in [0.29, 0.717) is 11.4 Å². The van der Waals surface area contributed by atoms with E-state index < -0.39 is 0 Å². The van der Waals surface area contributed by atoms with Crippen LogP contribution in [0.15, 0.2) is 18.2 Å². The summed E-state index contributed by atoms with van der Waals surface area (Å²) in [6, 6.07) is 4.87. The van der Waals surface area contributed by atoms with E-state index in [4.69, 9.17) is 10.5 Å². The predicted molar refractivity (Wildman–Crippen MR) is 87.1 cm³/mol. The summed E-state index contributed by atoms with van der Waals surface area (Å²) >= 11 is 0. The molecule has 0 atom stereocenters. The Morgan fingerprint density at radius 2 is 1.86 bits per heavy atom. The van der Waals surface area contributed by atoms with E-state index in [9.17, 15) is 4.39 Å². The smallest absolute Gasteiger partial charge is 0.146 e. The molecule has 1 aromatic rings. The van der Waals surface area contributed by atoms with Gasteiger partial charge in [-0.05, 0) is 26.0 Å². The summed E-state index contributed by atoms with van der Waals surface area (Å²) in [5.41, 5.74) is 6.47. The maximum Gasteiger partial charge on any atom is 0.146 e. The fraction of sp³-hybridized carbons (Fsp3) is 0.600. The van der Waals surface area contributed by atoms with Crippen molar-refractivity contribution < 1.29 is 9.13 Å². The molecule has 2 rings (SSSR count). The average Bonchev–Trinajstić information content (AvgIpc) is 2.39. The van der Waals surface area contributed by atoms with E-state index >= 15 is 0 Å². The van der Waals surface area contributed by atoms with Crippen LogP contribution in [0.3, 0.4) is 0 Å². The number of anilines is 1. The van der Waals surface area contributed by atoms with Crippen LogP contribution >= 0.6 is 12.4 Å². The van der Waals surface area contributed by atoms with Gasteiger partial charge in [0, 0.05) is 44.3 Å². The van der Waals surface area contributed by atoms with Gasteiger partial charge in [-0.25, -0.2) is 4.39 Å². The third-order valence-corrected chi connectivity index (χ3v) is 3.50. The van der Waals surface area contributed by atoms with Crippen molar-refractivity contribution in [2.45, 2.75) is 19.4 Å². The number of halogens is 2. The molecule has 0 unspecified atom stereocenters. The van der Waals surface area contributed by atoms with Gasteiger partial charge in [-0.15, -0.1) is 12.4 Å². The fourth-order valence-electron chi connectivity index (χ4n) is 2.58. The van der Waals surface area contributed by atoms with Crippen molar-refractivity contribution in [2.75, 3.05) is 44.7 Å². The van der Waals surface area contributed by atoms with Crippen LogP contribution < -0.4 is 15.4 Å². The number of methoxy groups -OCH3 is 1. The molecule has 0 bridgehead atoms. The van der Waals surface area contributed by atoms with Crippen molar-refractivity contribution in [1.29, 1.82) is 0 Å². The Morgan fingerprint density at radius 3 is 2.38 bits per heavy atom. The Bertz CT molecular complexity index is 457. The molecule has 1 aliphatic rings. The number of hydrogen-bond donors (Lipinski definition) is 1. The zero-order chi connectivity index (χ0) is 14.8. The lowest BCUT2D eigenvalue weighted by atomic mass is 10.1. The van der Waals surface area contributed by atoms with E-state index in [1.54, 1.807) is 19.2 Å². The Morgan fingerprint density at radius 1 is 1.24 bits per heavy atom. The topological polar surface area (TPSA) is 41.7 Å². The van der Waals surface area contributed by atoms with Gasteiger partial charge in [0.25, 0.3) is 0 Å². The van der Waals surface area contributed by atoms with Gasteiger partial charge in [-0.2, -0.15) is 0 Å². The summed E-state index contributed by atoms with van der Waals surface area (Å²) in [5.74, 6) is 0.491. The molecule has 0 aliphatic carbocycles. The zero-order valence-electron chi connectivity index (χ0n) is 12.9. The van der Waals surface area contributed by atoms with Crippen LogP contribution in [-0.2, 0) is 0 Å². The molecule has 0 spiro atoms. The standard InChI is InChI=1S/C15H24FN3O.ClH/c1-15(2,17)11-18-6-8-19(9-7-18)14-10-12(20-3)4-5-13(14)16;/h4-5,10H,6-9,11,17H2,1-3H3;1H. The number of benzene rings is 1. The second-order valence-corrected chi connectivity index (χ2v) is 6.07. The van der Waals surface area contributed by atoms with Crippen LogP contribution in [0.25, 0.3) is 0 Å². The summed E-state index contributed by atoms with van der Waals surface area (Å²) in [4.78, 5) is 4.40. The highest BCUT2D eigenvalue weighted by Gasteiger charge is 2.23. The number of nitrogens with zero attached hydrogens (tertiary/aromatic N) is 2. The first-order chi connectivity index (χ1) is 9.39. The Kier molecular flexibility index (Phi) is 6.25. The van der Waals surface area contributed by atoms with Gasteiger partial charge in [0.05, 0.1) is 12.8 Å². The second kappa shape index (κ2) is 7.29. The maximum atomic E-state index is 13.9. The van der Waals surface area contributed by atoms with Gasteiger partial charge in [0.2, 0.25) is 0 Å². The highest BCUT2D eigenvalue weighted by molar-refractivity contribution is 5.85. The van der Waals surface area contributed by atoms with E-state index in [0.717, 1.165) is 32.7 Å². The first-order valence-corrected chi connectivity index (χ1v) is 6.99. The monoisotopic (exact) mass is 317 g/mol. The first kappa shape index (κ1) is 18.0. The van der Waals surface area contributed by atoms with Crippen molar-refractivity contribution in [3.05, 3.63) is 24.0 Å². The third-order valence-electron chi connectivity index (χ3n) is 3.50. The molecule has 1 aromatic carbocycles. The minimum absolute atomic E-state index is 0. The first-order valence-electron chi connectivity index (χ1n) is 6.99. The molecular weight excluding hydrogens is 293 g/mol. The number of ether oxygens (including phenoxy) is 1. The van der Waals surface area contributed by atoms with Crippen molar-refractivity contribution in [1.82, 2.24) is 4.90 Å². The SMILES string of the molecule is COc1ccc(F)c(N2CCN(CC(C)(C)N)CC2)c1.Cl. The molecule has 4 nitrogen and oxygen atoms in total. The molecule has 0 amide bonds. The number of rotatable bonds is 4. The van der Waals surface area contributed by atoms with Crippen LogP contribution in [-0.4, -0.2) is 50.3 Å². The second-order valence-electron chi connectivity index (χ2n) is 6.07. The lowest BCUT2D eigenvalue weighted by Gasteiger charge is -2.38. The van der Waals surface area contributed by atoms with Gasteiger partial charge in [-0.1, -0.05) is 0 Å². The van der Waals surface area contributed by atoms with Crippen molar-refractivity contribution in [3.63, 3.8) is 0 Å². The lowest BCUT2D eigenvalue weighted by molar-refractivity contribution is 0.214. The number of piperazine rings is 1. The number of hydrogen-bond acceptors (Lipinski definition) is 4. The molecule has 0 radical (unpaired) electrons. The van der Waals surface area contributed by atoms with Crippen molar-refractivity contribution in [2.24, 2.45) is 5.73 Å². The molecule has 1 heterocycles. The van der Waals surface area contributed by atoms with E-state index in [1.807, 2.05) is 13.8 Å². The molecule has 2 N–H and O–H groups in total. The summed E-state index contributed by atoms with van der Waals surface area (Å²) in [6.07, 6.45) is 0. The maximum absolute atomic E-state index is 13.9. The normalized spacial score (nSPS) is 16.5.